The van der Waals surface area contributed by atoms with Gasteiger partial charge in [0.1, 0.15) is 11.4 Å². The molecule has 0 spiro atoms. The molecule has 0 N–H and O–H groups in total. The molecule has 0 amide bonds. The van der Waals surface area contributed by atoms with Crippen molar-refractivity contribution in [2.45, 2.75) is 20.4 Å². The second kappa shape index (κ2) is 7.40. The van der Waals surface area contributed by atoms with Crippen LogP contribution in [0.15, 0.2) is 36.7 Å². The Labute approximate surface area is 174 Å². The number of nitrogens with zero attached hydrogens (tertiary/aromatic N) is 6. The molecule has 0 fully saturated rings. The lowest BCUT2D eigenvalue weighted by Crippen LogP contribution is -2.04. The molecule has 0 aliphatic heterocycles. The van der Waals surface area contributed by atoms with Crippen molar-refractivity contribution in [1.82, 2.24) is 29.3 Å². The van der Waals surface area contributed by atoms with Crippen LogP contribution in [0.4, 0.5) is 0 Å². The fourth-order valence-corrected chi connectivity index (χ4v) is 3.89. The van der Waals surface area contributed by atoms with Gasteiger partial charge in [0.05, 0.1) is 35.8 Å². The van der Waals surface area contributed by atoms with Crippen LogP contribution in [0.3, 0.4) is 0 Å². The van der Waals surface area contributed by atoms with Crippen molar-refractivity contribution in [3.63, 3.8) is 0 Å². The van der Waals surface area contributed by atoms with Crippen molar-refractivity contribution < 1.29 is 4.74 Å². The Hall–Kier alpha value is -3.06. The molecule has 0 saturated heterocycles. The fourth-order valence-electron chi connectivity index (χ4n) is 3.55. The topological polar surface area (TPSA) is 62.7 Å². The average Bonchev–Trinajstić information content (AvgIpc) is 3.30. The zero-order valence-electron chi connectivity index (χ0n) is 17.1. The SMILES string of the molecule is COc1ccc(Cn2nc(-c3cn(C)nc3C)c(Cl)c2-c2cn(C)nc2C)cc1. The third kappa shape index (κ3) is 3.53. The van der Waals surface area contributed by atoms with E-state index in [1.165, 1.54) is 0 Å². The van der Waals surface area contributed by atoms with E-state index in [0.717, 1.165) is 45.2 Å². The maximum Gasteiger partial charge on any atom is 0.118 e. The Balaban J connectivity index is 1.86. The molecular formula is C21H23ClN6O. The van der Waals surface area contributed by atoms with Crippen molar-refractivity contribution in [3.8, 4) is 28.3 Å². The van der Waals surface area contributed by atoms with E-state index in [1.54, 1.807) is 16.5 Å². The van der Waals surface area contributed by atoms with Crippen molar-refractivity contribution in [2.75, 3.05) is 7.11 Å². The summed E-state index contributed by atoms with van der Waals surface area (Å²) in [6.07, 6.45) is 3.92. The van der Waals surface area contributed by atoms with Crippen LogP contribution in [0.2, 0.25) is 5.02 Å². The van der Waals surface area contributed by atoms with Crippen molar-refractivity contribution in [3.05, 3.63) is 58.6 Å². The van der Waals surface area contributed by atoms with Gasteiger partial charge < -0.3 is 4.74 Å². The second-order valence-electron chi connectivity index (χ2n) is 7.12. The molecule has 0 saturated carbocycles. The first-order valence-electron chi connectivity index (χ1n) is 9.28. The summed E-state index contributed by atoms with van der Waals surface area (Å²) in [5.41, 5.74) is 6.36. The summed E-state index contributed by atoms with van der Waals surface area (Å²) in [6, 6.07) is 7.95. The molecule has 3 aromatic heterocycles. The molecule has 0 aliphatic rings. The van der Waals surface area contributed by atoms with Gasteiger partial charge in [-0.05, 0) is 31.5 Å². The summed E-state index contributed by atoms with van der Waals surface area (Å²) < 4.78 is 10.8. The highest BCUT2D eigenvalue weighted by molar-refractivity contribution is 6.35. The smallest absolute Gasteiger partial charge is 0.118 e. The Morgan fingerprint density at radius 1 is 0.897 bits per heavy atom. The van der Waals surface area contributed by atoms with Gasteiger partial charge in [-0.15, -0.1) is 0 Å². The lowest BCUT2D eigenvalue weighted by Gasteiger charge is -2.08. The minimum absolute atomic E-state index is 0.576. The molecule has 0 radical (unpaired) electrons. The van der Waals surface area contributed by atoms with Crippen LogP contribution in [-0.4, -0.2) is 36.5 Å². The summed E-state index contributed by atoms with van der Waals surface area (Å²) in [4.78, 5) is 0. The monoisotopic (exact) mass is 410 g/mol. The first-order chi connectivity index (χ1) is 13.9. The highest BCUT2D eigenvalue weighted by atomic mass is 35.5. The number of methoxy groups -OCH3 is 1. The van der Waals surface area contributed by atoms with Crippen LogP contribution in [0.1, 0.15) is 17.0 Å². The molecule has 29 heavy (non-hydrogen) atoms. The Morgan fingerprint density at radius 2 is 1.48 bits per heavy atom. The van der Waals surface area contributed by atoms with E-state index in [2.05, 4.69) is 10.2 Å². The van der Waals surface area contributed by atoms with Crippen LogP contribution in [-0.2, 0) is 20.6 Å². The zero-order valence-corrected chi connectivity index (χ0v) is 17.9. The molecule has 0 unspecified atom stereocenters. The van der Waals surface area contributed by atoms with E-state index >= 15 is 0 Å². The molecule has 0 aliphatic carbocycles. The van der Waals surface area contributed by atoms with Crippen molar-refractivity contribution >= 4 is 11.6 Å². The Bertz CT molecular complexity index is 1170. The molecule has 0 atom stereocenters. The summed E-state index contributed by atoms with van der Waals surface area (Å²) in [5.74, 6) is 0.822. The highest BCUT2D eigenvalue weighted by Gasteiger charge is 2.24. The molecule has 150 valence electrons. The number of benzene rings is 1. The highest BCUT2D eigenvalue weighted by Crippen LogP contribution is 2.38. The molecule has 3 heterocycles. The average molecular weight is 411 g/mol. The van der Waals surface area contributed by atoms with E-state index in [1.807, 2.05) is 69.3 Å². The van der Waals surface area contributed by atoms with Gasteiger partial charge in [0.25, 0.3) is 0 Å². The molecule has 0 bridgehead atoms. The predicted octanol–water partition coefficient (Wildman–Crippen LogP) is 4.01. The van der Waals surface area contributed by atoms with Gasteiger partial charge in [0, 0.05) is 37.6 Å². The van der Waals surface area contributed by atoms with E-state index in [-0.39, 0.29) is 0 Å². The summed E-state index contributed by atoms with van der Waals surface area (Å²) in [7, 11) is 5.46. The molecular weight excluding hydrogens is 388 g/mol. The van der Waals surface area contributed by atoms with Crippen LogP contribution in [0.5, 0.6) is 5.75 Å². The van der Waals surface area contributed by atoms with Gasteiger partial charge in [-0.2, -0.15) is 15.3 Å². The summed E-state index contributed by atoms with van der Waals surface area (Å²) >= 11 is 6.90. The van der Waals surface area contributed by atoms with Crippen LogP contribution >= 0.6 is 11.6 Å². The zero-order chi connectivity index (χ0) is 20.7. The molecule has 4 rings (SSSR count). The van der Waals surface area contributed by atoms with Crippen LogP contribution in [0, 0.1) is 13.8 Å². The summed E-state index contributed by atoms with van der Waals surface area (Å²) in [5, 5.41) is 14.4. The first-order valence-corrected chi connectivity index (χ1v) is 9.65. The van der Waals surface area contributed by atoms with E-state index in [9.17, 15) is 0 Å². The first kappa shape index (κ1) is 19.3. The van der Waals surface area contributed by atoms with E-state index in [0.29, 0.717) is 11.6 Å². The maximum atomic E-state index is 6.90. The summed E-state index contributed by atoms with van der Waals surface area (Å²) in [6.45, 7) is 4.52. The number of ether oxygens (including phenoxy) is 1. The minimum Gasteiger partial charge on any atom is -0.497 e. The number of aromatic nitrogens is 6. The van der Waals surface area contributed by atoms with Crippen LogP contribution < -0.4 is 4.74 Å². The number of aryl methyl sites for hydroxylation is 4. The second-order valence-corrected chi connectivity index (χ2v) is 7.50. The Kier molecular flexibility index (Phi) is 4.92. The largest absolute Gasteiger partial charge is 0.497 e. The Morgan fingerprint density at radius 3 is 2.00 bits per heavy atom. The molecule has 7 nitrogen and oxygen atoms in total. The predicted molar refractivity (Wildman–Crippen MR) is 113 cm³/mol. The van der Waals surface area contributed by atoms with E-state index < -0.39 is 0 Å². The normalized spacial score (nSPS) is 11.2. The third-order valence-electron chi connectivity index (χ3n) is 4.92. The van der Waals surface area contributed by atoms with Gasteiger partial charge >= 0.3 is 0 Å². The molecule has 4 aromatic rings. The number of hydrogen-bond acceptors (Lipinski definition) is 4. The van der Waals surface area contributed by atoms with Gasteiger partial charge in [-0.3, -0.25) is 14.0 Å². The van der Waals surface area contributed by atoms with Crippen molar-refractivity contribution in [1.29, 1.82) is 0 Å². The maximum absolute atomic E-state index is 6.90. The van der Waals surface area contributed by atoms with Gasteiger partial charge in [-0.1, -0.05) is 23.7 Å². The number of halogens is 1. The minimum atomic E-state index is 0.576. The van der Waals surface area contributed by atoms with E-state index in [4.69, 9.17) is 21.4 Å². The van der Waals surface area contributed by atoms with Crippen molar-refractivity contribution in [2.24, 2.45) is 14.1 Å². The van der Waals surface area contributed by atoms with Gasteiger partial charge in [0.15, 0.2) is 0 Å². The quantitative estimate of drug-likeness (QED) is 0.498. The number of hydrogen-bond donors (Lipinski definition) is 0. The number of rotatable bonds is 5. The fraction of sp³-hybridized carbons (Fsp3) is 0.286. The molecule has 8 heteroatoms. The lowest BCUT2D eigenvalue weighted by atomic mass is 10.1. The third-order valence-corrected chi connectivity index (χ3v) is 5.28. The van der Waals surface area contributed by atoms with Gasteiger partial charge in [0.2, 0.25) is 0 Å². The lowest BCUT2D eigenvalue weighted by molar-refractivity contribution is 0.414. The van der Waals surface area contributed by atoms with Crippen LogP contribution in [0.25, 0.3) is 22.5 Å². The molecule has 1 aromatic carbocycles. The van der Waals surface area contributed by atoms with Gasteiger partial charge in [-0.25, -0.2) is 0 Å². The standard InChI is InChI=1S/C21H23ClN6O/c1-13-17(11-26(3)23-13)20-19(22)21(18-12-27(4)24-14(18)2)28(25-20)10-15-6-8-16(29-5)9-7-15/h6-9,11-12H,10H2,1-5H3.